The van der Waals surface area contributed by atoms with E-state index in [1.54, 1.807) is 0 Å². The highest BCUT2D eigenvalue weighted by molar-refractivity contribution is 5.06. The zero-order valence-corrected chi connectivity index (χ0v) is 17.4. The molecule has 0 spiro atoms. The fourth-order valence-electron chi connectivity index (χ4n) is 8.72. The van der Waals surface area contributed by atoms with Crippen LogP contribution in [0.3, 0.4) is 0 Å². The second-order valence-corrected chi connectivity index (χ2v) is 11.0. The minimum absolute atomic E-state index is 0.586. The maximum Gasteiger partial charge on any atom is 0.0207 e. The van der Waals surface area contributed by atoms with Crippen LogP contribution in [-0.4, -0.2) is 11.8 Å². The third-order valence-electron chi connectivity index (χ3n) is 10.1. The minimum atomic E-state index is 0.586. The summed E-state index contributed by atoms with van der Waals surface area (Å²) in [5.41, 5.74) is 3.62. The van der Waals surface area contributed by atoms with Crippen molar-refractivity contribution in [3.05, 3.63) is 0 Å². The van der Waals surface area contributed by atoms with Gasteiger partial charge < -0.3 is 5.21 Å². The molecule has 0 saturated heterocycles. The second kappa shape index (κ2) is 7.74. The zero-order valence-electron chi connectivity index (χ0n) is 17.4. The summed E-state index contributed by atoms with van der Waals surface area (Å²) in [6.45, 7) is 6.16. The number of hydrogen-bond acceptors (Lipinski definition) is 2. The molecular weight excluding hydrogens is 318 g/mol. The van der Waals surface area contributed by atoms with E-state index in [0.29, 0.717) is 10.8 Å². The summed E-state index contributed by atoms with van der Waals surface area (Å²) in [5, 5.41) is 8.95. The van der Waals surface area contributed by atoms with Gasteiger partial charge >= 0.3 is 0 Å². The molecule has 2 heteroatoms. The molecule has 150 valence electrons. The van der Waals surface area contributed by atoms with Gasteiger partial charge in [0.2, 0.25) is 0 Å². The van der Waals surface area contributed by atoms with Crippen molar-refractivity contribution >= 4 is 0 Å². The first-order valence-electron chi connectivity index (χ1n) is 12.0. The van der Waals surface area contributed by atoms with Crippen LogP contribution in [0.4, 0.5) is 0 Å². The molecule has 4 aliphatic carbocycles. The molecule has 2 N–H and O–H groups in total. The van der Waals surface area contributed by atoms with Gasteiger partial charge in [0, 0.05) is 6.54 Å². The van der Waals surface area contributed by atoms with Gasteiger partial charge in [-0.15, -0.1) is 0 Å². The van der Waals surface area contributed by atoms with Crippen LogP contribution >= 0.6 is 0 Å². The van der Waals surface area contributed by atoms with Crippen LogP contribution in [0.1, 0.15) is 104 Å². The fourth-order valence-corrected chi connectivity index (χ4v) is 8.72. The van der Waals surface area contributed by atoms with Gasteiger partial charge in [0.15, 0.2) is 0 Å². The van der Waals surface area contributed by atoms with Gasteiger partial charge in [0.25, 0.3) is 0 Å². The molecule has 3 unspecified atom stereocenters. The van der Waals surface area contributed by atoms with E-state index in [1.807, 2.05) is 0 Å². The third-order valence-corrected chi connectivity index (χ3v) is 10.1. The summed E-state index contributed by atoms with van der Waals surface area (Å²) in [5.74, 6) is 4.96. The van der Waals surface area contributed by atoms with Crippen molar-refractivity contribution in [3.8, 4) is 0 Å². The molecule has 0 amide bonds. The summed E-state index contributed by atoms with van der Waals surface area (Å²) in [7, 11) is 0. The van der Waals surface area contributed by atoms with E-state index in [0.717, 1.165) is 42.6 Å². The van der Waals surface area contributed by atoms with Gasteiger partial charge in [-0.25, -0.2) is 5.48 Å². The number of hydrogen-bond donors (Lipinski definition) is 2. The van der Waals surface area contributed by atoms with Gasteiger partial charge in [-0.2, -0.15) is 0 Å². The van der Waals surface area contributed by atoms with E-state index < -0.39 is 0 Å². The lowest BCUT2D eigenvalue weighted by Gasteiger charge is -2.54. The summed E-state index contributed by atoms with van der Waals surface area (Å²) >= 11 is 0. The Morgan fingerprint density at radius 1 is 0.808 bits per heavy atom. The summed E-state index contributed by atoms with van der Waals surface area (Å²) in [4.78, 5) is 0. The first kappa shape index (κ1) is 19.2. The Morgan fingerprint density at radius 2 is 1.62 bits per heavy atom. The number of fused-ring (bicyclic) bond motifs is 5. The van der Waals surface area contributed by atoms with Gasteiger partial charge in [-0.1, -0.05) is 39.5 Å². The Labute approximate surface area is 161 Å². The molecule has 4 saturated carbocycles. The van der Waals surface area contributed by atoms with Crippen molar-refractivity contribution in [2.75, 3.05) is 6.54 Å². The normalized spacial score (nSPS) is 48.8. The van der Waals surface area contributed by atoms with Crippen LogP contribution in [0, 0.1) is 40.4 Å². The summed E-state index contributed by atoms with van der Waals surface area (Å²) < 4.78 is 0. The first-order valence-corrected chi connectivity index (χ1v) is 12.0. The van der Waals surface area contributed by atoms with E-state index in [2.05, 4.69) is 19.3 Å². The van der Waals surface area contributed by atoms with Crippen molar-refractivity contribution in [1.82, 2.24) is 5.48 Å². The van der Waals surface area contributed by atoms with Crippen molar-refractivity contribution in [3.63, 3.8) is 0 Å². The molecule has 0 bridgehead atoms. The fraction of sp³-hybridized carbons (Fsp3) is 1.00. The van der Waals surface area contributed by atoms with Crippen molar-refractivity contribution in [2.24, 2.45) is 40.4 Å². The smallest absolute Gasteiger partial charge is 0.0207 e. The van der Waals surface area contributed by atoms with E-state index in [-0.39, 0.29) is 0 Å². The van der Waals surface area contributed by atoms with Gasteiger partial charge in [-0.3, -0.25) is 0 Å². The molecule has 4 fully saturated rings. The van der Waals surface area contributed by atoms with Crippen molar-refractivity contribution in [2.45, 2.75) is 104 Å². The van der Waals surface area contributed by atoms with Crippen molar-refractivity contribution < 1.29 is 5.21 Å². The van der Waals surface area contributed by atoms with Crippen LogP contribution in [0.2, 0.25) is 0 Å². The van der Waals surface area contributed by atoms with E-state index in [1.165, 1.54) is 83.5 Å². The maximum atomic E-state index is 8.95. The molecule has 0 aromatic carbocycles. The van der Waals surface area contributed by atoms with E-state index in [9.17, 15) is 0 Å². The van der Waals surface area contributed by atoms with Crippen LogP contribution in [0.25, 0.3) is 0 Å². The lowest BCUT2D eigenvalue weighted by atomic mass is 9.51. The molecule has 2 nitrogen and oxygen atoms in total. The molecule has 4 rings (SSSR count). The van der Waals surface area contributed by atoms with Gasteiger partial charge in [0.05, 0.1) is 0 Å². The monoisotopic (exact) mass is 361 g/mol. The minimum Gasteiger partial charge on any atom is -0.317 e. The Kier molecular flexibility index (Phi) is 5.73. The average molecular weight is 362 g/mol. The topological polar surface area (TPSA) is 32.3 Å². The van der Waals surface area contributed by atoms with Gasteiger partial charge in [0.1, 0.15) is 0 Å². The van der Waals surface area contributed by atoms with Crippen LogP contribution in [0.15, 0.2) is 0 Å². The largest absolute Gasteiger partial charge is 0.317 e. The number of nitrogens with one attached hydrogen (secondary N) is 1. The highest BCUT2D eigenvalue weighted by Gasteiger charge is 2.57. The Bertz CT molecular complexity index is 479. The van der Waals surface area contributed by atoms with Crippen molar-refractivity contribution in [1.29, 1.82) is 0 Å². The standard InChI is InChI=1S/C24H43NO/c1-23-15-5-3-4-8-18(23)11-13-20-21(23)10-6-16-24(2)19(9-7-17-25-26)12-14-22(20)24/h18-22,25-26H,3-17H2,1-2H3/t18-,19?,20+,21?,22?,23-,24+/m0/s1. The number of hydroxylamine groups is 1. The average Bonchev–Trinajstić information content (AvgIpc) is 2.76. The van der Waals surface area contributed by atoms with Crippen LogP contribution < -0.4 is 5.48 Å². The Morgan fingerprint density at radius 3 is 2.46 bits per heavy atom. The number of rotatable bonds is 4. The molecule has 0 aromatic heterocycles. The third kappa shape index (κ3) is 3.17. The second-order valence-electron chi connectivity index (χ2n) is 11.0. The molecule has 7 atom stereocenters. The van der Waals surface area contributed by atoms with E-state index in [4.69, 9.17) is 5.21 Å². The maximum absolute atomic E-state index is 8.95. The van der Waals surface area contributed by atoms with E-state index >= 15 is 0 Å². The molecule has 4 aliphatic rings. The lowest BCUT2D eigenvalue weighted by molar-refractivity contribution is -0.0467. The quantitative estimate of drug-likeness (QED) is 0.438. The lowest BCUT2D eigenvalue weighted by Crippen LogP contribution is -2.46. The molecular formula is C24H43NO. The summed E-state index contributed by atoms with van der Waals surface area (Å²) in [6.07, 6.45) is 20.5. The SMILES string of the molecule is C[C@]12CCCC3[C@@H](CC[C@@H]4CCCCC[C@]34C)C1CCC2CCCNO. The molecule has 26 heavy (non-hydrogen) atoms. The summed E-state index contributed by atoms with van der Waals surface area (Å²) in [6, 6.07) is 0. The van der Waals surface area contributed by atoms with Crippen LogP contribution in [0.5, 0.6) is 0 Å². The molecule has 0 aliphatic heterocycles. The van der Waals surface area contributed by atoms with Gasteiger partial charge in [-0.05, 0) is 105 Å². The highest BCUT2D eigenvalue weighted by atomic mass is 16.5. The molecule has 0 radical (unpaired) electrons. The highest BCUT2D eigenvalue weighted by Crippen LogP contribution is 2.65. The van der Waals surface area contributed by atoms with Crippen LogP contribution in [-0.2, 0) is 0 Å². The first-order chi connectivity index (χ1) is 12.6. The predicted octanol–water partition coefficient (Wildman–Crippen LogP) is 6.57. The molecule has 0 aromatic rings. The zero-order chi connectivity index (χ0) is 18.2. The molecule has 0 heterocycles. The Hall–Kier alpha value is -0.0800. The Balaban J connectivity index is 1.55. The predicted molar refractivity (Wildman–Crippen MR) is 108 cm³/mol.